The third-order valence-electron chi connectivity index (χ3n) is 3.16. The molecule has 0 aliphatic rings. The molecule has 0 atom stereocenters. The van der Waals surface area contributed by atoms with E-state index in [4.69, 9.17) is 9.84 Å². The minimum atomic E-state index is -0.847. The third kappa shape index (κ3) is 3.99. The van der Waals surface area contributed by atoms with Crippen molar-refractivity contribution in [2.45, 2.75) is 13.8 Å². The van der Waals surface area contributed by atoms with E-state index in [0.29, 0.717) is 12.3 Å². The van der Waals surface area contributed by atoms with Crippen molar-refractivity contribution < 1.29 is 14.6 Å². The zero-order chi connectivity index (χ0) is 15.3. The normalized spacial score (nSPS) is 11.0. The molecule has 110 valence electrons. The SMILES string of the molecule is CC(C)(CNc1ccccc1Oc1ccccc1)C(=O)O. The number of carboxylic acid groups (broad SMARTS) is 1. The van der Waals surface area contributed by atoms with Crippen molar-refractivity contribution in [2.75, 3.05) is 11.9 Å². The largest absolute Gasteiger partial charge is 0.481 e. The fourth-order valence-corrected chi connectivity index (χ4v) is 1.71. The number of anilines is 1. The summed E-state index contributed by atoms with van der Waals surface area (Å²) < 4.78 is 5.83. The molecule has 2 aromatic carbocycles. The third-order valence-corrected chi connectivity index (χ3v) is 3.16. The lowest BCUT2D eigenvalue weighted by molar-refractivity contribution is -0.146. The highest BCUT2D eigenvalue weighted by molar-refractivity contribution is 5.74. The summed E-state index contributed by atoms with van der Waals surface area (Å²) in [5, 5.41) is 12.3. The van der Waals surface area contributed by atoms with Crippen molar-refractivity contribution >= 4 is 11.7 Å². The zero-order valence-electron chi connectivity index (χ0n) is 12.2. The Morgan fingerprint density at radius 1 is 1.10 bits per heavy atom. The Labute approximate surface area is 124 Å². The Kier molecular flexibility index (Phi) is 4.48. The highest BCUT2D eigenvalue weighted by Gasteiger charge is 2.27. The summed E-state index contributed by atoms with van der Waals surface area (Å²) in [5.74, 6) is 0.575. The van der Waals surface area contributed by atoms with E-state index in [9.17, 15) is 4.79 Å². The maximum atomic E-state index is 11.1. The van der Waals surface area contributed by atoms with Crippen LogP contribution < -0.4 is 10.1 Å². The first-order chi connectivity index (χ1) is 9.99. The quantitative estimate of drug-likeness (QED) is 0.842. The van der Waals surface area contributed by atoms with Gasteiger partial charge in [0.2, 0.25) is 0 Å². The average Bonchev–Trinajstić information content (AvgIpc) is 2.47. The Morgan fingerprint density at radius 3 is 2.38 bits per heavy atom. The number of benzene rings is 2. The number of nitrogens with one attached hydrogen (secondary N) is 1. The Bertz CT molecular complexity index is 608. The number of para-hydroxylation sites is 3. The lowest BCUT2D eigenvalue weighted by Gasteiger charge is -2.21. The number of carbonyl (C=O) groups is 1. The molecule has 2 rings (SSSR count). The number of aliphatic carboxylic acids is 1. The van der Waals surface area contributed by atoms with Crippen LogP contribution in [0.1, 0.15) is 13.8 Å². The maximum Gasteiger partial charge on any atom is 0.310 e. The molecule has 0 aliphatic carbocycles. The van der Waals surface area contributed by atoms with Gasteiger partial charge < -0.3 is 15.2 Å². The molecule has 0 aliphatic heterocycles. The summed E-state index contributed by atoms with van der Waals surface area (Å²) in [6.45, 7) is 3.68. The lowest BCUT2D eigenvalue weighted by atomic mass is 9.94. The molecule has 0 spiro atoms. The predicted molar refractivity (Wildman–Crippen MR) is 82.9 cm³/mol. The molecule has 2 aromatic rings. The molecule has 2 N–H and O–H groups in total. The molecule has 0 bridgehead atoms. The lowest BCUT2D eigenvalue weighted by Crippen LogP contribution is -2.31. The van der Waals surface area contributed by atoms with Crippen LogP contribution in [0.25, 0.3) is 0 Å². The van der Waals surface area contributed by atoms with Gasteiger partial charge in [0, 0.05) is 6.54 Å². The van der Waals surface area contributed by atoms with Crippen LogP contribution in [0.5, 0.6) is 11.5 Å². The van der Waals surface area contributed by atoms with Gasteiger partial charge in [-0.15, -0.1) is 0 Å². The van der Waals surface area contributed by atoms with E-state index in [1.165, 1.54) is 0 Å². The van der Waals surface area contributed by atoms with E-state index in [1.54, 1.807) is 13.8 Å². The topological polar surface area (TPSA) is 58.6 Å². The highest BCUT2D eigenvalue weighted by atomic mass is 16.5. The number of hydrogen-bond acceptors (Lipinski definition) is 3. The van der Waals surface area contributed by atoms with E-state index in [1.807, 2.05) is 54.6 Å². The molecule has 4 nitrogen and oxygen atoms in total. The summed E-state index contributed by atoms with van der Waals surface area (Å²) in [6.07, 6.45) is 0. The molecule has 0 heterocycles. The van der Waals surface area contributed by atoms with Crippen LogP contribution >= 0.6 is 0 Å². The summed E-state index contributed by atoms with van der Waals surface area (Å²) in [7, 11) is 0. The predicted octanol–water partition coefficient (Wildman–Crippen LogP) is 4.00. The molecule has 0 aromatic heterocycles. The van der Waals surface area contributed by atoms with Gasteiger partial charge in [-0.3, -0.25) is 4.79 Å². The summed E-state index contributed by atoms with van der Waals surface area (Å²) in [6, 6.07) is 17.0. The van der Waals surface area contributed by atoms with Crippen molar-refractivity contribution in [3.8, 4) is 11.5 Å². The van der Waals surface area contributed by atoms with E-state index in [-0.39, 0.29) is 0 Å². The monoisotopic (exact) mass is 285 g/mol. The van der Waals surface area contributed by atoms with Crippen LogP contribution in [0.2, 0.25) is 0 Å². The van der Waals surface area contributed by atoms with E-state index in [2.05, 4.69) is 5.32 Å². The molecule has 0 saturated carbocycles. The van der Waals surface area contributed by atoms with Gasteiger partial charge in [0.1, 0.15) is 5.75 Å². The first kappa shape index (κ1) is 14.9. The van der Waals surface area contributed by atoms with Crippen LogP contribution in [-0.2, 0) is 4.79 Å². The summed E-state index contributed by atoms with van der Waals surface area (Å²) in [4.78, 5) is 11.1. The van der Waals surface area contributed by atoms with Crippen molar-refractivity contribution in [3.05, 3.63) is 54.6 Å². The van der Waals surface area contributed by atoms with Crippen LogP contribution in [0.15, 0.2) is 54.6 Å². The van der Waals surface area contributed by atoms with Gasteiger partial charge in [-0.1, -0.05) is 30.3 Å². The van der Waals surface area contributed by atoms with Gasteiger partial charge in [-0.05, 0) is 38.1 Å². The van der Waals surface area contributed by atoms with Gasteiger partial charge >= 0.3 is 5.97 Å². The van der Waals surface area contributed by atoms with E-state index in [0.717, 1.165) is 11.4 Å². The second kappa shape index (κ2) is 6.31. The second-order valence-corrected chi connectivity index (χ2v) is 5.45. The number of hydrogen-bond donors (Lipinski definition) is 2. The first-order valence-corrected chi connectivity index (χ1v) is 6.78. The van der Waals surface area contributed by atoms with E-state index >= 15 is 0 Å². The molecule has 0 unspecified atom stereocenters. The standard InChI is InChI=1S/C17H19NO3/c1-17(2,16(19)20)12-18-14-10-6-7-11-15(14)21-13-8-4-3-5-9-13/h3-11,18H,12H2,1-2H3,(H,19,20). The molecule has 4 heteroatoms. The second-order valence-electron chi connectivity index (χ2n) is 5.45. The minimum Gasteiger partial charge on any atom is -0.481 e. The van der Waals surface area contributed by atoms with E-state index < -0.39 is 11.4 Å². The fourth-order valence-electron chi connectivity index (χ4n) is 1.71. The van der Waals surface area contributed by atoms with Crippen molar-refractivity contribution in [2.24, 2.45) is 5.41 Å². The van der Waals surface area contributed by atoms with Crippen molar-refractivity contribution in [1.82, 2.24) is 0 Å². The molecule has 0 radical (unpaired) electrons. The summed E-state index contributed by atoms with van der Waals surface area (Å²) >= 11 is 0. The Balaban J connectivity index is 2.12. The molecule has 0 saturated heterocycles. The first-order valence-electron chi connectivity index (χ1n) is 6.78. The average molecular weight is 285 g/mol. The highest BCUT2D eigenvalue weighted by Crippen LogP contribution is 2.30. The molecular formula is C17H19NO3. The molecule has 21 heavy (non-hydrogen) atoms. The Morgan fingerprint density at radius 2 is 1.71 bits per heavy atom. The maximum absolute atomic E-state index is 11.1. The minimum absolute atomic E-state index is 0.317. The molecular weight excluding hydrogens is 266 g/mol. The van der Waals surface area contributed by atoms with Crippen LogP contribution in [-0.4, -0.2) is 17.6 Å². The number of rotatable bonds is 6. The number of ether oxygens (including phenoxy) is 1. The van der Waals surface area contributed by atoms with Gasteiger partial charge in [0.25, 0.3) is 0 Å². The summed E-state index contributed by atoms with van der Waals surface area (Å²) in [5.41, 5.74) is -0.0736. The van der Waals surface area contributed by atoms with Crippen molar-refractivity contribution in [3.63, 3.8) is 0 Å². The van der Waals surface area contributed by atoms with Crippen LogP contribution in [0.3, 0.4) is 0 Å². The molecule has 0 amide bonds. The van der Waals surface area contributed by atoms with Gasteiger partial charge in [-0.2, -0.15) is 0 Å². The zero-order valence-corrected chi connectivity index (χ0v) is 12.2. The van der Waals surface area contributed by atoms with Crippen molar-refractivity contribution in [1.29, 1.82) is 0 Å². The van der Waals surface area contributed by atoms with Gasteiger partial charge in [0.15, 0.2) is 5.75 Å². The van der Waals surface area contributed by atoms with Crippen LogP contribution in [0, 0.1) is 5.41 Å². The molecule has 0 fully saturated rings. The Hall–Kier alpha value is -2.49. The van der Waals surface area contributed by atoms with Gasteiger partial charge in [-0.25, -0.2) is 0 Å². The van der Waals surface area contributed by atoms with Crippen LogP contribution in [0.4, 0.5) is 5.69 Å². The fraction of sp³-hybridized carbons (Fsp3) is 0.235. The smallest absolute Gasteiger partial charge is 0.310 e. The number of carboxylic acids is 1. The van der Waals surface area contributed by atoms with Gasteiger partial charge in [0.05, 0.1) is 11.1 Å².